The second-order valence-electron chi connectivity index (χ2n) is 4.94. The van der Waals surface area contributed by atoms with Crippen LogP contribution in [0.5, 0.6) is 0 Å². The lowest BCUT2D eigenvalue weighted by atomic mass is 10.2. The normalized spacial score (nSPS) is 11.5. The molecule has 0 aliphatic carbocycles. The minimum absolute atomic E-state index is 0.631. The summed E-state index contributed by atoms with van der Waals surface area (Å²) in [6.07, 6.45) is 0. The minimum atomic E-state index is 0.631. The van der Waals surface area contributed by atoms with Crippen molar-refractivity contribution in [3.63, 3.8) is 0 Å². The Morgan fingerprint density at radius 2 is 1.94 bits per heavy atom. The highest BCUT2D eigenvalue weighted by atomic mass is 79.9. The molecule has 1 aromatic rings. The minimum Gasteiger partial charge on any atom is -0.312 e. The summed E-state index contributed by atoms with van der Waals surface area (Å²) in [4.78, 5) is 1.33. The summed E-state index contributed by atoms with van der Waals surface area (Å²) in [6, 6.07) is 6.64. The Morgan fingerprint density at radius 3 is 2.47 bits per heavy atom. The first-order chi connectivity index (χ1) is 7.99. The maximum absolute atomic E-state index is 3.65. The molecule has 0 unspecified atom stereocenters. The summed E-state index contributed by atoms with van der Waals surface area (Å²) in [7, 11) is 0. The fraction of sp³-hybridized carbons (Fsp3) is 0.571. The smallest absolute Gasteiger partial charge is 0.0231 e. The van der Waals surface area contributed by atoms with E-state index < -0.39 is 0 Å². The first-order valence-electron chi connectivity index (χ1n) is 6.15. The van der Waals surface area contributed by atoms with Gasteiger partial charge in [0.05, 0.1) is 0 Å². The van der Waals surface area contributed by atoms with E-state index >= 15 is 0 Å². The van der Waals surface area contributed by atoms with Gasteiger partial charge in [-0.3, -0.25) is 0 Å². The summed E-state index contributed by atoms with van der Waals surface area (Å²) < 4.78 is 1.21. The molecule has 1 rings (SSSR count). The molecule has 0 saturated carbocycles. The molecule has 0 spiro atoms. The van der Waals surface area contributed by atoms with Crippen LogP contribution in [0, 0.1) is 5.92 Å². The van der Waals surface area contributed by atoms with E-state index in [4.69, 9.17) is 0 Å². The van der Waals surface area contributed by atoms with E-state index in [9.17, 15) is 0 Å². The van der Waals surface area contributed by atoms with Gasteiger partial charge in [0, 0.05) is 21.2 Å². The zero-order chi connectivity index (χ0) is 12.8. The van der Waals surface area contributed by atoms with Crippen LogP contribution in [0.1, 0.15) is 33.3 Å². The Bertz CT molecular complexity index is 350. The van der Waals surface area contributed by atoms with E-state index in [1.807, 2.05) is 11.8 Å². The number of halogens is 1. The highest BCUT2D eigenvalue weighted by Crippen LogP contribution is 2.27. The topological polar surface area (TPSA) is 12.0 Å². The molecule has 0 atom stereocenters. The molecule has 0 fully saturated rings. The van der Waals surface area contributed by atoms with Crippen LogP contribution in [-0.2, 0) is 6.54 Å². The van der Waals surface area contributed by atoms with Gasteiger partial charge in [-0.1, -0.05) is 49.7 Å². The van der Waals surface area contributed by atoms with Crippen LogP contribution in [0.2, 0.25) is 0 Å². The van der Waals surface area contributed by atoms with Crippen molar-refractivity contribution >= 4 is 27.7 Å². The third-order valence-corrected chi connectivity index (χ3v) is 4.00. The molecule has 1 N–H and O–H groups in total. The van der Waals surface area contributed by atoms with Gasteiger partial charge in [0.1, 0.15) is 0 Å². The molecule has 0 saturated heterocycles. The highest BCUT2D eigenvalue weighted by Gasteiger charge is 2.04. The van der Waals surface area contributed by atoms with Crippen molar-refractivity contribution in [3.8, 4) is 0 Å². The number of nitrogens with one attached hydrogen (secondary N) is 1. The number of hydrogen-bond donors (Lipinski definition) is 1. The van der Waals surface area contributed by atoms with Crippen molar-refractivity contribution in [1.29, 1.82) is 0 Å². The molecule has 0 aromatic heterocycles. The Morgan fingerprint density at radius 1 is 1.24 bits per heavy atom. The van der Waals surface area contributed by atoms with Gasteiger partial charge in [-0.2, -0.15) is 0 Å². The largest absolute Gasteiger partial charge is 0.312 e. The van der Waals surface area contributed by atoms with Crippen LogP contribution in [0.15, 0.2) is 27.6 Å². The Kier molecular flexibility index (Phi) is 6.60. The fourth-order valence-electron chi connectivity index (χ4n) is 1.51. The van der Waals surface area contributed by atoms with Gasteiger partial charge in [0.25, 0.3) is 0 Å². The summed E-state index contributed by atoms with van der Waals surface area (Å²) in [5, 5.41) is 4.10. The maximum atomic E-state index is 3.65. The average Bonchev–Trinajstić information content (AvgIpc) is 2.20. The van der Waals surface area contributed by atoms with Crippen molar-refractivity contribution < 1.29 is 0 Å². The lowest BCUT2D eigenvalue weighted by Gasteiger charge is -2.11. The number of thioether (sulfide) groups is 1. The van der Waals surface area contributed by atoms with Crippen LogP contribution in [-0.4, -0.2) is 11.8 Å². The average molecular weight is 316 g/mol. The van der Waals surface area contributed by atoms with E-state index in [0.29, 0.717) is 11.2 Å². The molecule has 0 bridgehead atoms. The summed E-state index contributed by atoms with van der Waals surface area (Å²) in [6.45, 7) is 10.9. The standard InChI is InChI=1S/C14H22BrNS/c1-10(2)8-16-9-12-5-6-13(7-14(12)15)17-11(3)4/h5-7,10-11,16H,8-9H2,1-4H3. The molecule has 0 radical (unpaired) electrons. The molecule has 0 amide bonds. The molecular formula is C14H22BrNS. The second kappa shape index (κ2) is 7.45. The summed E-state index contributed by atoms with van der Waals surface area (Å²) >= 11 is 5.55. The van der Waals surface area contributed by atoms with E-state index in [2.05, 4.69) is 67.1 Å². The molecule has 3 heteroatoms. The van der Waals surface area contributed by atoms with Gasteiger partial charge in [0.2, 0.25) is 0 Å². The van der Waals surface area contributed by atoms with Crippen LogP contribution in [0.4, 0.5) is 0 Å². The SMILES string of the molecule is CC(C)CNCc1ccc(SC(C)C)cc1Br. The van der Waals surface area contributed by atoms with Gasteiger partial charge in [-0.25, -0.2) is 0 Å². The lowest BCUT2D eigenvalue weighted by molar-refractivity contribution is 0.551. The Hall–Kier alpha value is 0.01000. The molecule has 0 aliphatic heterocycles. The van der Waals surface area contributed by atoms with Crippen LogP contribution < -0.4 is 5.32 Å². The molecule has 0 aliphatic rings. The van der Waals surface area contributed by atoms with Crippen LogP contribution in [0.3, 0.4) is 0 Å². The van der Waals surface area contributed by atoms with Crippen molar-refractivity contribution in [1.82, 2.24) is 5.32 Å². The highest BCUT2D eigenvalue weighted by molar-refractivity contribution is 9.10. The number of hydrogen-bond acceptors (Lipinski definition) is 2. The van der Waals surface area contributed by atoms with Crippen LogP contribution >= 0.6 is 27.7 Å². The van der Waals surface area contributed by atoms with Gasteiger partial charge in [-0.15, -0.1) is 11.8 Å². The van der Waals surface area contributed by atoms with E-state index in [1.165, 1.54) is 14.9 Å². The first kappa shape index (κ1) is 15.1. The summed E-state index contributed by atoms with van der Waals surface area (Å²) in [5.74, 6) is 0.699. The first-order valence-corrected chi connectivity index (χ1v) is 7.82. The Labute approximate surface area is 118 Å². The van der Waals surface area contributed by atoms with Gasteiger partial charge in [0.15, 0.2) is 0 Å². The third-order valence-electron chi connectivity index (χ3n) is 2.26. The van der Waals surface area contributed by atoms with E-state index in [1.54, 1.807) is 0 Å². The van der Waals surface area contributed by atoms with Crippen molar-refractivity contribution in [3.05, 3.63) is 28.2 Å². The van der Waals surface area contributed by atoms with Gasteiger partial charge < -0.3 is 5.32 Å². The maximum Gasteiger partial charge on any atom is 0.0231 e. The van der Waals surface area contributed by atoms with Crippen molar-refractivity contribution in [2.24, 2.45) is 5.92 Å². The molecule has 1 aromatic carbocycles. The quantitative estimate of drug-likeness (QED) is 0.764. The van der Waals surface area contributed by atoms with Crippen molar-refractivity contribution in [2.45, 2.75) is 44.4 Å². The van der Waals surface area contributed by atoms with E-state index in [0.717, 1.165) is 13.1 Å². The van der Waals surface area contributed by atoms with E-state index in [-0.39, 0.29) is 0 Å². The zero-order valence-electron chi connectivity index (χ0n) is 11.1. The summed E-state index contributed by atoms with van der Waals surface area (Å²) in [5.41, 5.74) is 1.33. The second-order valence-corrected chi connectivity index (χ2v) is 7.45. The third kappa shape index (κ3) is 5.94. The Balaban J connectivity index is 2.57. The number of rotatable bonds is 6. The predicted octanol–water partition coefficient (Wildman–Crippen LogP) is 4.70. The number of benzene rings is 1. The molecule has 96 valence electrons. The monoisotopic (exact) mass is 315 g/mol. The molecule has 17 heavy (non-hydrogen) atoms. The zero-order valence-corrected chi connectivity index (χ0v) is 13.5. The molecule has 0 heterocycles. The van der Waals surface area contributed by atoms with Gasteiger partial charge >= 0.3 is 0 Å². The molecule has 1 nitrogen and oxygen atoms in total. The van der Waals surface area contributed by atoms with Crippen LogP contribution in [0.25, 0.3) is 0 Å². The predicted molar refractivity (Wildman–Crippen MR) is 81.7 cm³/mol. The molecular weight excluding hydrogens is 294 g/mol. The van der Waals surface area contributed by atoms with Crippen molar-refractivity contribution in [2.75, 3.05) is 6.54 Å². The lowest BCUT2D eigenvalue weighted by Crippen LogP contribution is -2.19. The fourth-order valence-corrected chi connectivity index (χ4v) is 3.06. The van der Waals surface area contributed by atoms with Gasteiger partial charge in [-0.05, 0) is 30.2 Å².